The van der Waals surface area contributed by atoms with Gasteiger partial charge in [-0.25, -0.2) is 10.8 Å². The zero-order valence-corrected chi connectivity index (χ0v) is 12.0. The van der Waals surface area contributed by atoms with Gasteiger partial charge in [-0.15, -0.1) is 0 Å². The number of hydrogen-bond acceptors (Lipinski definition) is 2. The van der Waals surface area contributed by atoms with Crippen molar-refractivity contribution in [1.29, 1.82) is 0 Å². The van der Waals surface area contributed by atoms with Gasteiger partial charge in [-0.1, -0.05) is 11.6 Å². The Morgan fingerprint density at radius 2 is 2.19 bits per heavy atom. The molecule has 88 valence electrons. The molecular formula is C10H14ClIN4. The molecule has 0 heterocycles. The van der Waals surface area contributed by atoms with E-state index in [0.717, 1.165) is 9.26 Å². The average Bonchev–Trinajstić information content (AvgIpc) is 2.20. The Balaban J connectivity index is 2.86. The van der Waals surface area contributed by atoms with E-state index >= 15 is 0 Å². The quantitative estimate of drug-likeness (QED) is 0.252. The first-order valence-corrected chi connectivity index (χ1v) is 6.25. The van der Waals surface area contributed by atoms with Gasteiger partial charge in [-0.3, -0.25) is 5.43 Å². The number of hydrogen-bond donors (Lipinski definition) is 3. The van der Waals surface area contributed by atoms with Crippen molar-refractivity contribution >= 4 is 45.8 Å². The van der Waals surface area contributed by atoms with Crippen LogP contribution >= 0.6 is 34.2 Å². The zero-order valence-electron chi connectivity index (χ0n) is 9.09. The summed E-state index contributed by atoms with van der Waals surface area (Å²) in [7, 11) is 0. The smallest absolute Gasteiger partial charge is 0.210 e. The minimum absolute atomic E-state index is 0.154. The number of halogens is 2. The van der Waals surface area contributed by atoms with Gasteiger partial charge in [0.15, 0.2) is 0 Å². The maximum Gasteiger partial charge on any atom is 0.210 e. The monoisotopic (exact) mass is 352 g/mol. The number of nitrogens with zero attached hydrogens (tertiary/aromatic N) is 1. The molecule has 0 unspecified atom stereocenters. The van der Waals surface area contributed by atoms with Crippen molar-refractivity contribution in [3.63, 3.8) is 0 Å². The molecule has 0 fully saturated rings. The minimum atomic E-state index is 0.154. The predicted octanol–water partition coefficient (Wildman–Crippen LogP) is 2.58. The molecule has 1 aromatic carbocycles. The number of aliphatic imine (C=N–C) groups is 1. The van der Waals surface area contributed by atoms with Crippen LogP contribution in [0.4, 0.5) is 5.69 Å². The first-order chi connectivity index (χ1) is 7.52. The van der Waals surface area contributed by atoms with E-state index in [1.54, 1.807) is 0 Å². The summed E-state index contributed by atoms with van der Waals surface area (Å²) in [5.74, 6) is 5.86. The van der Waals surface area contributed by atoms with Gasteiger partial charge in [0.25, 0.3) is 0 Å². The zero-order chi connectivity index (χ0) is 12.1. The molecule has 16 heavy (non-hydrogen) atoms. The van der Waals surface area contributed by atoms with Crippen LogP contribution in [0.3, 0.4) is 0 Å². The van der Waals surface area contributed by atoms with Crippen LogP contribution in [0.1, 0.15) is 13.8 Å². The maximum atomic E-state index is 6.08. The highest BCUT2D eigenvalue weighted by Gasteiger charge is 2.04. The van der Waals surface area contributed by atoms with E-state index in [0.29, 0.717) is 11.0 Å². The summed E-state index contributed by atoms with van der Waals surface area (Å²) >= 11 is 8.28. The van der Waals surface area contributed by atoms with E-state index in [-0.39, 0.29) is 6.04 Å². The van der Waals surface area contributed by atoms with E-state index in [9.17, 15) is 0 Å². The highest BCUT2D eigenvalue weighted by Crippen LogP contribution is 2.23. The van der Waals surface area contributed by atoms with Crippen molar-refractivity contribution in [1.82, 2.24) is 5.43 Å². The van der Waals surface area contributed by atoms with E-state index in [1.807, 2.05) is 32.0 Å². The molecule has 0 aliphatic rings. The van der Waals surface area contributed by atoms with Crippen LogP contribution in [-0.2, 0) is 0 Å². The Hall–Kier alpha value is -0.530. The average molecular weight is 353 g/mol. The standard InChI is InChI=1S/C10H14ClIN4/c1-6(2)14-10(16-13)15-9-4-3-7(12)5-8(9)11/h3-6H,13H2,1-2H3,(H2,14,15,16). The molecule has 0 aliphatic heterocycles. The second-order valence-corrected chi connectivity index (χ2v) is 5.12. The lowest BCUT2D eigenvalue weighted by atomic mass is 10.3. The van der Waals surface area contributed by atoms with Crippen LogP contribution < -0.4 is 16.6 Å². The van der Waals surface area contributed by atoms with Crippen molar-refractivity contribution in [3.05, 3.63) is 26.8 Å². The van der Waals surface area contributed by atoms with Crippen molar-refractivity contribution in [2.24, 2.45) is 10.8 Å². The molecule has 0 spiro atoms. The van der Waals surface area contributed by atoms with Crippen LogP contribution in [0.15, 0.2) is 23.2 Å². The second-order valence-electron chi connectivity index (χ2n) is 3.46. The third-order valence-corrected chi connectivity index (χ3v) is 2.69. The molecule has 0 saturated carbocycles. The second kappa shape index (κ2) is 6.27. The SMILES string of the molecule is CC(C)N=C(NN)Nc1ccc(I)cc1Cl. The first-order valence-electron chi connectivity index (χ1n) is 4.79. The Bertz CT molecular complexity index is 392. The summed E-state index contributed by atoms with van der Waals surface area (Å²) in [6.45, 7) is 3.93. The highest BCUT2D eigenvalue weighted by molar-refractivity contribution is 14.1. The summed E-state index contributed by atoms with van der Waals surface area (Å²) < 4.78 is 1.08. The fraction of sp³-hybridized carbons (Fsp3) is 0.300. The van der Waals surface area contributed by atoms with Gasteiger partial charge < -0.3 is 5.32 Å². The van der Waals surface area contributed by atoms with Crippen LogP contribution in [-0.4, -0.2) is 12.0 Å². The third-order valence-electron chi connectivity index (χ3n) is 1.71. The molecule has 0 bridgehead atoms. The van der Waals surface area contributed by atoms with Gasteiger partial charge in [-0.05, 0) is 54.6 Å². The first kappa shape index (κ1) is 13.5. The Kier molecular flexibility index (Phi) is 5.30. The van der Waals surface area contributed by atoms with E-state index in [4.69, 9.17) is 17.4 Å². The molecule has 0 aliphatic carbocycles. The summed E-state index contributed by atoms with van der Waals surface area (Å²) in [5, 5.41) is 3.67. The topological polar surface area (TPSA) is 62.4 Å². The van der Waals surface area contributed by atoms with Crippen molar-refractivity contribution in [2.75, 3.05) is 5.32 Å². The summed E-state index contributed by atoms with van der Waals surface area (Å²) in [5.41, 5.74) is 3.28. The van der Waals surface area contributed by atoms with Gasteiger partial charge in [0.2, 0.25) is 5.96 Å². The van der Waals surface area contributed by atoms with Crippen molar-refractivity contribution in [2.45, 2.75) is 19.9 Å². The molecule has 4 N–H and O–H groups in total. The summed E-state index contributed by atoms with van der Waals surface area (Å²) in [6.07, 6.45) is 0. The molecule has 0 aromatic heterocycles. The minimum Gasteiger partial charge on any atom is -0.324 e. The van der Waals surface area contributed by atoms with Crippen LogP contribution in [0.2, 0.25) is 5.02 Å². The number of guanidine groups is 1. The van der Waals surface area contributed by atoms with Gasteiger partial charge in [0.1, 0.15) is 0 Å². The van der Waals surface area contributed by atoms with E-state index in [2.05, 4.69) is 38.3 Å². The molecular weight excluding hydrogens is 338 g/mol. The van der Waals surface area contributed by atoms with Crippen LogP contribution in [0.25, 0.3) is 0 Å². The third kappa shape index (κ3) is 4.15. The number of rotatable bonds is 2. The van der Waals surface area contributed by atoms with Crippen LogP contribution in [0, 0.1) is 3.57 Å². The Labute approximate surface area is 114 Å². The van der Waals surface area contributed by atoms with E-state index < -0.39 is 0 Å². The predicted molar refractivity (Wildman–Crippen MR) is 77.7 cm³/mol. The lowest BCUT2D eigenvalue weighted by Gasteiger charge is -2.11. The molecule has 0 amide bonds. The molecule has 0 radical (unpaired) electrons. The Morgan fingerprint density at radius 3 is 2.69 bits per heavy atom. The largest absolute Gasteiger partial charge is 0.324 e. The number of hydrazine groups is 1. The van der Waals surface area contributed by atoms with Crippen LogP contribution in [0.5, 0.6) is 0 Å². The molecule has 0 atom stereocenters. The lowest BCUT2D eigenvalue weighted by Crippen LogP contribution is -2.37. The van der Waals surface area contributed by atoms with Gasteiger partial charge in [-0.2, -0.15) is 0 Å². The van der Waals surface area contributed by atoms with Crippen molar-refractivity contribution in [3.8, 4) is 0 Å². The fourth-order valence-electron chi connectivity index (χ4n) is 1.08. The molecule has 6 heteroatoms. The number of benzene rings is 1. The van der Waals surface area contributed by atoms with Crippen molar-refractivity contribution < 1.29 is 0 Å². The molecule has 4 nitrogen and oxygen atoms in total. The number of nitrogens with one attached hydrogen (secondary N) is 2. The maximum absolute atomic E-state index is 6.08. The van der Waals surface area contributed by atoms with Gasteiger partial charge in [0, 0.05) is 9.61 Å². The van der Waals surface area contributed by atoms with Gasteiger partial charge >= 0.3 is 0 Å². The van der Waals surface area contributed by atoms with E-state index in [1.165, 1.54) is 0 Å². The van der Waals surface area contributed by atoms with Gasteiger partial charge in [0.05, 0.1) is 10.7 Å². The number of anilines is 1. The fourth-order valence-corrected chi connectivity index (χ4v) is 1.99. The normalized spacial score (nSPS) is 11.8. The molecule has 1 rings (SSSR count). The Morgan fingerprint density at radius 1 is 1.50 bits per heavy atom. The summed E-state index contributed by atoms with van der Waals surface area (Å²) in [6, 6.07) is 5.87. The number of nitrogens with two attached hydrogens (primary N) is 1. The lowest BCUT2D eigenvalue weighted by molar-refractivity contribution is 0.819. The molecule has 0 saturated heterocycles. The summed E-state index contributed by atoms with van der Waals surface area (Å²) in [4.78, 5) is 4.26. The molecule has 1 aromatic rings. The highest BCUT2D eigenvalue weighted by atomic mass is 127.